The van der Waals surface area contributed by atoms with E-state index < -0.39 is 23.6 Å². The number of aryl methyl sites for hydroxylation is 1. The minimum absolute atomic E-state index is 0.00289. The average Bonchev–Trinajstić information content (AvgIpc) is 2.91. The molecule has 2 N–H and O–H groups in total. The first-order chi connectivity index (χ1) is 14.0. The minimum Gasteiger partial charge on any atom is -0.308 e. The van der Waals surface area contributed by atoms with Crippen LogP contribution in [0.5, 0.6) is 0 Å². The number of nitrogens with zero attached hydrogens (tertiary/aromatic N) is 2. The monoisotopic (exact) mass is 440 g/mol. The molecule has 0 spiro atoms. The maximum absolute atomic E-state index is 13.2. The van der Waals surface area contributed by atoms with Gasteiger partial charge in [0.2, 0.25) is 0 Å². The summed E-state index contributed by atoms with van der Waals surface area (Å²) in [6.07, 6.45) is -4.51. The van der Waals surface area contributed by atoms with E-state index >= 15 is 0 Å². The summed E-state index contributed by atoms with van der Waals surface area (Å²) < 4.78 is 53.3. The van der Waals surface area contributed by atoms with Gasteiger partial charge >= 0.3 is 12.2 Å². The third-order valence-corrected chi connectivity index (χ3v) is 4.75. The molecule has 0 saturated heterocycles. The minimum atomic E-state index is -4.51. The van der Waals surface area contributed by atoms with Crippen LogP contribution in [-0.2, 0) is 12.7 Å². The van der Waals surface area contributed by atoms with Crippen LogP contribution in [0.3, 0.4) is 0 Å². The number of benzene rings is 2. The predicted molar refractivity (Wildman–Crippen MR) is 106 cm³/mol. The number of aromatic nitrogens is 2. The summed E-state index contributed by atoms with van der Waals surface area (Å²) in [5.41, 5.74) is 1.30. The summed E-state index contributed by atoms with van der Waals surface area (Å²) in [4.78, 5) is 12.3. The number of rotatable bonds is 4. The smallest absolute Gasteiger partial charge is 0.308 e. The van der Waals surface area contributed by atoms with Crippen molar-refractivity contribution in [2.45, 2.75) is 26.6 Å². The topological polar surface area (TPSA) is 59.0 Å². The van der Waals surface area contributed by atoms with E-state index in [4.69, 9.17) is 11.6 Å². The molecule has 0 bridgehead atoms. The van der Waals surface area contributed by atoms with Gasteiger partial charge in [-0.15, -0.1) is 0 Å². The van der Waals surface area contributed by atoms with Crippen molar-refractivity contribution in [1.82, 2.24) is 9.78 Å². The van der Waals surface area contributed by atoms with Crippen molar-refractivity contribution < 1.29 is 22.4 Å². The zero-order valence-corrected chi connectivity index (χ0v) is 16.7. The second-order valence-corrected chi connectivity index (χ2v) is 7.00. The summed E-state index contributed by atoms with van der Waals surface area (Å²) in [6.45, 7) is 3.65. The number of alkyl halides is 3. The van der Waals surface area contributed by atoms with Gasteiger partial charge in [-0.05, 0) is 49.7 Å². The molecule has 0 saturated carbocycles. The number of anilines is 2. The van der Waals surface area contributed by atoms with Crippen molar-refractivity contribution in [1.29, 1.82) is 0 Å². The fourth-order valence-corrected chi connectivity index (χ4v) is 3.12. The Morgan fingerprint density at radius 2 is 1.87 bits per heavy atom. The Balaban J connectivity index is 1.75. The number of hydrogen-bond acceptors (Lipinski definition) is 2. The molecule has 1 aromatic heterocycles. The lowest BCUT2D eigenvalue weighted by Crippen LogP contribution is -2.20. The van der Waals surface area contributed by atoms with Gasteiger partial charge < -0.3 is 10.6 Å². The number of halogens is 5. The van der Waals surface area contributed by atoms with Gasteiger partial charge in [0.1, 0.15) is 5.82 Å². The maximum Gasteiger partial charge on any atom is 0.416 e. The summed E-state index contributed by atoms with van der Waals surface area (Å²) >= 11 is 6.06. The first-order valence-electron chi connectivity index (χ1n) is 8.78. The number of carbonyl (C=O) groups excluding carboxylic acids is 1. The maximum atomic E-state index is 13.2. The molecular weight excluding hydrogens is 424 g/mol. The molecular formula is C20H17ClF4N4O. The first-order valence-corrected chi connectivity index (χ1v) is 9.15. The van der Waals surface area contributed by atoms with Gasteiger partial charge in [-0.25, -0.2) is 9.18 Å². The highest BCUT2D eigenvalue weighted by atomic mass is 35.5. The molecule has 3 rings (SSSR count). The summed E-state index contributed by atoms with van der Waals surface area (Å²) in [5, 5.41) is 9.59. The molecule has 5 nitrogen and oxygen atoms in total. The van der Waals surface area contributed by atoms with Crippen LogP contribution >= 0.6 is 11.6 Å². The molecule has 10 heteroatoms. The van der Waals surface area contributed by atoms with Gasteiger partial charge in [-0.2, -0.15) is 18.3 Å². The van der Waals surface area contributed by atoms with E-state index in [1.54, 1.807) is 24.6 Å². The van der Waals surface area contributed by atoms with Crippen LogP contribution in [0, 0.1) is 19.7 Å². The van der Waals surface area contributed by atoms with Gasteiger partial charge in [-0.3, -0.25) is 4.68 Å². The van der Waals surface area contributed by atoms with Crippen molar-refractivity contribution >= 4 is 29.0 Å². The number of urea groups is 1. The number of nitrogens with one attached hydrogen (secondary N) is 2. The SMILES string of the molecule is Cc1nn(Cc2ccc(F)cc2Cl)c(C)c1NC(=O)Nc1cccc(C(F)(F)F)c1. The summed E-state index contributed by atoms with van der Waals surface area (Å²) in [6, 6.07) is 7.65. The molecule has 0 aliphatic carbocycles. The van der Waals surface area contributed by atoms with Crippen LogP contribution in [0.4, 0.5) is 33.7 Å². The first kappa shape index (κ1) is 21.6. The van der Waals surface area contributed by atoms with Crippen molar-refractivity contribution in [2.75, 3.05) is 10.6 Å². The van der Waals surface area contributed by atoms with E-state index in [0.717, 1.165) is 12.1 Å². The number of hydrogen-bond donors (Lipinski definition) is 2. The zero-order chi connectivity index (χ0) is 22.1. The van der Waals surface area contributed by atoms with Crippen LogP contribution in [0.25, 0.3) is 0 Å². The van der Waals surface area contributed by atoms with Gasteiger partial charge in [0.15, 0.2) is 0 Å². The molecule has 0 aliphatic rings. The standard InChI is InChI=1S/C20H17ClF4N4O/c1-11-18(12(2)29(28-11)10-13-6-7-15(22)9-17(13)21)27-19(30)26-16-5-3-4-14(8-16)20(23,24)25/h3-9H,10H2,1-2H3,(H2,26,27,30). The summed E-state index contributed by atoms with van der Waals surface area (Å²) in [7, 11) is 0. The van der Waals surface area contributed by atoms with E-state index in [9.17, 15) is 22.4 Å². The van der Waals surface area contributed by atoms with E-state index in [1.807, 2.05) is 0 Å². The molecule has 1 heterocycles. The zero-order valence-electron chi connectivity index (χ0n) is 15.9. The lowest BCUT2D eigenvalue weighted by molar-refractivity contribution is -0.137. The number of amides is 2. The van der Waals surface area contributed by atoms with Crippen LogP contribution in [-0.4, -0.2) is 15.8 Å². The van der Waals surface area contributed by atoms with Crippen molar-refractivity contribution in [2.24, 2.45) is 0 Å². The van der Waals surface area contributed by atoms with Crippen LogP contribution in [0.2, 0.25) is 5.02 Å². The van der Waals surface area contributed by atoms with Crippen LogP contribution in [0.15, 0.2) is 42.5 Å². The molecule has 2 amide bonds. The second-order valence-electron chi connectivity index (χ2n) is 6.60. The van der Waals surface area contributed by atoms with Gasteiger partial charge in [-0.1, -0.05) is 23.7 Å². The Kier molecular flexibility index (Phi) is 6.02. The average molecular weight is 441 g/mol. The van der Waals surface area contributed by atoms with Crippen molar-refractivity contribution in [3.63, 3.8) is 0 Å². The van der Waals surface area contributed by atoms with E-state index in [1.165, 1.54) is 24.3 Å². The van der Waals surface area contributed by atoms with E-state index in [0.29, 0.717) is 22.6 Å². The molecule has 0 unspecified atom stereocenters. The Bertz CT molecular complexity index is 1090. The highest BCUT2D eigenvalue weighted by molar-refractivity contribution is 6.31. The third-order valence-electron chi connectivity index (χ3n) is 4.40. The Hall–Kier alpha value is -3.07. The Morgan fingerprint density at radius 1 is 1.13 bits per heavy atom. The predicted octanol–water partition coefficient (Wildman–Crippen LogP) is 6.00. The molecule has 3 aromatic rings. The highest BCUT2D eigenvalue weighted by Gasteiger charge is 2.30. The fourth-order valence-electron chi connectivity index (χ4n) is 2.89. The molecule has 30 heavy (non-hydrogen) atoms. The van der Waals surface area contributed by atoms with E-state index in [2.05, 4.69) is 15.7 Å². The largest absolute Gasteiger partial charge is 0.416 e. The second kappa shape index (κ2) is 8.35. The van der Waals surface area contributed by atoms with Gasteiger partial charge in [0.05, 0.1) is 29.2 Å². The van der Waals surface area contributed by atoms with E-state index in [-0.39, 0.29) is 17.3 Å². The lowest BCUT2D eigenvalue weighted by atomic mass is 10.2. The molecule has 0 fully saturated rings. The summed E-state index contributed by atoms with van der Waals surface area (Å²) in [5.74, 6) is -0.453. The molecule has 0 aliphatic heterocycles. The normalized spacial score (nSPS) is 11.4. The fraction of sp³-hybridized carbons (Fsp3) is 0.200. The molecule has 0 atom stereocenters. The Morgan fingerprint density at radius 3 is 2.53 bits per heavy atom. The van der Waals surface area contributed by atoms with Gasteiger partial charge in [0, 0.05) is 10.7 Å². The van der Waals surface area contributed by atoms with Crippen LogP contribution in [0.1, 0.15) is 22.5 Å². The van der Waals surface area contributed by atoms with Crippen molar-refractivity contribution in [3.05, 3.63) is 75.8 Å². The van der Waals surface area contributed by atoms with Crippen LogP contribution < -0.4 is 10.6 Å². The number of carbonyl (C=O) groups is 1. The molecule has 0 radical (unpaired) electrons. The third kappa shape index (κ3) is 4.91. The molecule has 158 valence electrons. The lowest BCUT2D eigenvalue weighted by Gasteiger charge is -2.11. The quantitative estimate of drug-likeness (QED) is 0.488. The van der Waals surface area contributed by atoms with Crippen molar-refractivity contribution in [3.8, 4) is 0 Å². The Labute approximate surface area is 174 Å². The highest BCUT2D eigenvalue weighted by Crippen LogP contribution is 2.31. The van der Waals surface area contributed by atoms with Gasteiger partial charge in [0.25, 0.3) is 0 Å². The molecule has 2 aromatic carbocycles.